The molecular weight excluding hydrogens is 222 g/mol. The van der Waals surface area contributed by atoms with Crippen LogP contribution in [0.4, 0.5) is 0 Å². The second kappa shape index (κ2) is 4.45. The van der Waals surface area contributed by atoms with Crippen LogP contribution in [-0.4, -0.2) is 14.5 Å². The standard InChI is InChI=1S/C15H13N3/c1-2-6-13-11-12-7-3-4-8-14(12)18(13)15-16-9-5-10-17-15/h2-5,7-11H,1,6H2. The molecule has 1 aromatic carbocycles. The van der Waals surface area contributed by atoms with Gasteiger partial charge in [-0.25, -0.2) is 9.97 Å². The fraction of sp³-hybridized carbons (Fsp3) is 0.0667. The van der Waals surface area contributed by atoms with E-state index in [-0.39, 0.29) is 0 Å². The highest BCUT2D eigenvalue weighted by Gasteiger charge is 2.10. The summed E-state index contributed by atoms with van der Waals surface area (Å²) in [7, 11) is 0. The molecule has 0 unspecified atom stereocenters. The van der Waals surface area contributed by atoms with E-state index in [1.54, 1.807) is 12.4 Å². The van der Waals surface area contributed by atoms with Crippen LogP contribution < -0.4 is 0 Å². The minimum absolute atomic E-state index is 0.704. The highest BCUT2D eigenvalue weighted by atomic mass is 15.1. The zero-order chi connectivity index (χ0) is 12.4. The molecule has 0 aliphatic carbocycles. The van der Waals surface area contributed by atoms with E-state index in [0.717, 1.165) is 17.6 Å². The van der Waals surface area contributed by atoms with Crippen molar-refractivity contribution < 1.29 is 0 Å². The minimum atomic E-state index is 0.704. The number of hydrogen-bond donors (Lipinski definition) is 0. The fourth-order valence-corrected chi connectivity index (χ4v) is 2.15. The highest BCUT2D eigenvalue weighted by Crippen LogP contribution is 2.22. The van der Waals surface area contributed by atoms with Crippen molar-refractivity contribution in [3.63, 3.8) is 0 Å². The molecule has 18 heavy (non-hydrogen) atoms. The second-order valence-electron chi connectivity index (χ2n) is 4.07. The monoisotopic (exact) mass is 235 g/mol. The number of allylic oxidation sites excluding steroid dienone is 1. The van der Waals surface area contributed by atoms with Gasteiger partial charge in [-0.2, -0.15) is 0 Å². The molecular formula is C15H13N3. The lowest BCUT2D eigenvalue weighted by atomic mass is 10.2. The topological polar surface area (TPSA) is 30.7 Å². The molecule has 3 aromatic rings. The molecule has 2 heterocycles. The first-order valence-corrected chi connectivity index (χ1v) is 5.88. The van der Waals surface area contributed by atoms with Crippen molar-refractivity contribution in [2.45, 2.75) is 6.42 Å². The molecule has 0 saturated heterocycles. The van der Waals surface area contributed by atoms with Gasteiger partial charge < -0.3 is 0 Å². The van der Waals surface area contributed by atoms with E-state index >= 15 is 0 Å². The van der Waals surface area contributed by atoms with E-state index in [0.29, 0.717) is 5.95 Å². The van der Waals surface area contributed by atoms with E-state index in [1.165, 1.54) is 5.39 Å². The smallest absolute Gasteiger partial charge is 0.234 e. The summed E-state index contributed by atoms with van der Waals surface area (Å²) in [6.45, 7) is 3.81. The maximum absolute atomic E-state index is 4.33. The molecule has 3 heteroatoms. The van der Waals surface area contributed by atoms with Crippen molar-refractivity contribution in [1.82, 2.24) is 14.5 Å². The normalized spacial score (nSPS) is 10.7. The molecule has 0 radical (unpaired) electrons. The molecule has 0 bridgehead atoms. The van der Waals surface area contributed by atoms with Gasteiger partial charge in [0.1, 0.15) is 0 Å². The van der Waals surface area contributed by atoms with Crippen molar-refractivity contribution in [3.8, 4) is 5.95 Å². The average Bonchev–Trinajstić information content (AvgIpc) is 2.78. The van der Waals surface area contributed by atoms with Crippen LogP contribution in [0.1, 0.15) is 5.69 Å². The first kappa shape index (κ1) is 10.7. The molecule has 0 atom stereocenters. The minimum Gasteiger partial charge on any atom is -0.282 e. The molecule has 0 amide bonds. The third kappa shape index (κ3) is 1.70. The fourth-order valence-electron chi connectivity index (χ4n) is 2.15. The van der Waals surface area contributed by atoms with Gasteiger partial charge in [-0.3, -0.25) is 4.57 Å². The zero-order valence-electron chi connectivity index (χ0n) is 9.95. The lowest BCUT2D eigenvalue weighted by Gasteiger charge is -2.06. The summed E-state index contributed by atoms with van der Waals surface area (Å²) in [5.74, 6) is 0.704. The molecule has 0 saturated carbocycles. The van der Waals surface area contributed by atoms with Crippen LogP contribution in [0, 0.1) is 0 Å². The number of fused-ring (bicyclic) bond motifs is 1. The predicted octanol–water partition coefficient (Wildman–Crippen LogP) is 3.15. The van der Waals surface area contributed by atoms with Crippen molar-refractivity contribution in [1.29, 1.82) is 0 Å². The summed E-state index contributed by atoms with van der Waals surface area (Å²) in [6.07, 6.45) is 6.21. The predicted molar refractivity (Wildman–Crippen MR) is 72.8 cm³/mol. The number of benzene rings is 1. The van der Waals surface area contributed by atoms with Gasteiger partial charge in [-0.1, -0.05) is 24.3 Å². The maximum Gasteiger partial charge on any atom is 0.234 e. The third-order valence-electron chi connectivity index (χ3n) is 2.89. The molecule has 0 N–H and O–H groups in total. The van der Waals surface area contributed by atoms with Gasteiger partial charge in [0, 0.05) is 29.9 Å². The Kier molecular flexibility index (Phi) is 2.65. The quantitative estimate of drug-likeness (QED) is 0.653. The number of para-hydroxylation sites is 1. The van der Waals surface area contributed by atoms with Crippen LogP contribution in [0.3, 0.4) is 0 Å². The number of hydrogen-bond acceptors (Lipinski definition) is 2. The van der Waals surface area contributed by atoms with E-state index in [9.17, 15) is 0 Å². The second-order valence-corrected chi connectivity index (χ2v) is 4.07. The number of aromatic nitrogens is 3. The van der Waals surface area contributed by atoms with Crippen LogP contribution in [0.5, 0.6) is 0 Å². The molecule has 3 rings (SSSR count). The number of nitrogens with zero attached hydrogens (tertiary/aromatic N) is 3. The van der Waals surface area contributed by atoms with Gasteiger partial charge in [0.25, 0.3) is 0 Å². The summed E-state index contributed by atoms with van der Waals surface area (Å²) in [6, 6.07) is 12.2. The van der Waals surface area contributed by atoms with Crippen molar-refractivity contribution in [3.05, 3.63) is 67.1 Å². The molecule has 88 valence electrons. The summed E-state index contributed by atoms with van der Waals surface area (Å²) in [5.41, 5.74) is 2.28. The first-order chi connectivity index (χ1) is 8.90. The summed E-state index contributed by atoms with van der Waals surface area (Å²) < 4.78 is 2.08. The molecule has 0 aliphatic rings. The van der Waals surface area contributed by atoms with Gasteiger partial charge in [-0.05, 0) is 18.2 Å². The van der Waals surface area contributed by atoms with Gasteiger partial charge in [0.2, 0.25) is 5.95 Å². The van der Waals surface area contributed by atoms with Crippen LogP contribution in [0.15, 0.2) is 61.4 Å². The Labute approximate surface area is 105 Å². The summed E-state index contributed by atoms with van der Waals surface area (Å²) >= 11 is 0. The van der Waals surface area contributed by atoms with Crippen molar-refractivity contribution in [2.24, 2.45) is 0 Å². The molecule has 0 fully saturated rings. The Morgan fingerprint density at radius 1 is 1.11 bits per heavy atom. The van der Waals surface area contributed by atoms with E-state index in [1.807, 2.05) is 24.3 Å². The first-order valence-electron chi connectivity index (χ1n) is 5.88. The van der Waals surface area contributed by atoms with Crippen molar-refractivity contribution >= 4 is 10.9 Å². The highest BCUT2D eigenvalue weighted by molar-refractivity contribution is 5.82. The lowest BCUT2D eigenvalue weighted by molar-refractivity contribution is 0.907. The Morgan fingerprint density at radius 3 is 2.67 bits per heavy atom. The largest absolute Gasteiger partial charge is 0.282 e. The van der Waals surface area contributed by atoms with Crippen LogP contribution in [0.25, 0.3) is 16.9 Å². The Morgan fingerprint density at radius 2 is 1.89 bits per heavy atom. The molecule has 3 nitrogen and oxygen atoms in total. The Bertz CT molecular complexity index is 683. The maximum atomic E-state index is 4.33. The SMILES string of the molecule is C=CCc1cc2ccccc2n1-c1ncccn1. The van der Waals surface area contributed by atoms with Crippen LogP contribution in [0.2, 0.25) is 0 Å². The summed E-state index contributed by atoms with van der Waals surface area (Å²) in [4.78, 5) is 8.66. The third-order valence-corrected chi connectivity index (χ3v) is 2.89. The average molecular weight is 235 g/mol. The van der Waals surface area contributed by atoms with Gasteiger partial charge in [0.05, 0.1) is 5.52 Å². The van der Waals surface area contributed by atoms with E-state index < -0.39 is 0 Å². The Hall–Kier alpha value is -2.42. The van der Waals surface area contributed by atoms with Crippen LogP contribution in [-0.2, 0) is 6.42 Å². The van der Waals surface area contributed by atoms with Crippen molar-refractivity contribution in [2.75, 3.05) is 0 Å². The van der Waals surface area contributed by atoms with Gasteiger partial charge >= 0.3 is 0 Å². The van der Waals surface area contributed by atoms with Gasteiger partial charge in [0.15, 0.2) is 0 Å². The lowest BCUT2D eigenvalue weighted by Crippen LogP contribution is -2.03. The Balaban J connectivity index is 2.31. The molecule has 0 spiro atoms. The van der Waals surface area contributed by atoms with E-state index in [4.69, 9.17) is 0 Å². The van der Waals surface area contributed by atoms with E-state index in [2.05, 4.69) is 39.3 Å². The zero-order valence-corrected chi connectivity index (χ0v) is 9.95. The van der Waals surface area contributed by atoms with Crippen LogP contribution >= 0.6 is 0 Å². The molecule has 0 aliphatic heterocycles. The number of rotatable bonds is 3. The van der Waals surface area contributed by atoms with Gasteiger partial charge in [-0.15, -0.1) is 6.58 Å². The summed E-state index contributed by atoms with van der Waals surface area (Å²) in [5, 5.41) is 1.20. The molecule has 2 aromatic heterocycles.